The first kappa shape index (κ1) is 13.9. The van der Waals surface area contributed by atoms with Crippen LogP contribution in [-0.2, 0) is 13.0 Å². The summed E-state index contributed by atoms with van der Waals surface area (Å²) in [6.45, 7) is 2.72. The van der Waals surface area contributed by atoms with Gasteiger partial charge in [0.2, 0.25) is 0 Å². The molecular formula is C19H20FN. The van der Waals surface area contributed by atoms with Gasteiger partial charge in [-0.15, -0.1) is 0 Å². The van der Waals surface area contributed by atoms with Crippen LogP contribution < -0.4 is 0 Å². The Morgan fingerprint density at radius 3 is 2.43 bits per heavy atom. The summed E-state index contributed by atoms with van der Waals surface area (Å²) < 4.78 is 16.7. The highest BCUT2D eigenvalue weighted by Gasteiger charge is 2.16. The van der Waals surface area contributed by atoms with E-state index in [1.54, 1.807) is 4.57 Å². The molecule has 3 aromatic rings. The van der Waals surface area contributed by atoms with Crippen LogP contribution in [0.5, 0.6) is 0 Å². The Balaban J connectivity index is 2.07. The molecule has 0 atom stereocenters. The molecule has 21 heavy (non-hydrogen) atoms. The van der Waals surface area contributed by atoms with Gasteiger partial charge in [0.1, 0.15) is 0 Å². The van der Waals surface area contributed by atoms with Gasteiger partial charge in [0.15, 0.2) is 5.95 Å². The third kappa shape index (κ3) is 2.71. The van der Waals surface area contributed by atoms with Crippen molar-refractivity contribution in [3.8, 4) is 0 Å². The maximum Gasteiger partial charge on any atom is 0.198 e. The minimum atomic E-state index is -0.0755. The fourth-order valence-corrected chi connectivity index (χ4v) is 2.86. The first-order valence-electron chi connectivity index (χ1n) is 7.60. The third-order valence-corrected chi connectivity index (χ3v) is 3.97. The topological polar surface area (TPSA) is 4.93 Å². The van der Waals surface area contributed by atoms with Gasteiger partial charge < -0.3 is 4.57 Å². The van der Waals surface area contributed by atoms with Crippen LogP contribution in [0.25, 0.3) is 10.9 Å². The molecule has 0 saturated carbocycles. The smallest absolute Gasteiger partial charge is 0.198 e. The Morgan fingerprint density at radius 2 is 1.67 bits per heavy atom. The van der Waals surface area contributed by atoms with Gasteiger partial charge >= 0.3 is 0 Å². The molecule has 0 N–H and O–H groups in total. The van der Waals surface area contributed by atoms with E-state index in [2.05, 4.69) is 6.92 Å². The van der Waals surface area contributed by atoms with Crippen LogP contribution in [0, 0.1) is 5.95 Å². The molecule has 1 nitrogen and oxygen atoms in total. The number of rotatable bonds is 5. The zero-order valence-corrected chi connectivity index (χ0v) is 12.3. The van der Waals surface area contributed by atoms with Gasteiger partial charge in [0.05, 0.1) is 12.1 Å². The molecule has 0 bridgehead atoms. The van der Waals surface area contributed by atoms with Crippen LogP contribution >= 0.6 is 0 Å². The van der Waals surface area contributed by atoms with Crippen LogP contribution in [0.15, 0.2) is 54.6 Å². The van der Waals surface area contributed by atoms with Crippen molar-refractivity contribution in [1.82, 2.24) is 4.57 Å². The molecule has 1 aromatic heterocycles. The van der Waals surface area contributed by atoms with E-state index in [0.717, 1.165) is 41.3 Å². The number of halogens is 1. The lowest BCUT2D eigenvalue weighted by atomic mass is 10.1. The van der Waals surface area contributed by atoms with E-state index in [1.807, 2.05) is 54.6 Å². The molecule has 0 fully saturated rings. The Kier molecular flexibility index (Phi) is 4.05. The van der Waals surface area contributed by atoms with E-state index < -0.39 is 0 Å². The lowest BCUT2D eigenvalue weighted by Crippen LogP contribution is -2.03. The molecule has 1 heterocycles. The Morgan fingerprint density at radius 1 is 0.952 bits per heavy atom. The van der Waals surface area contributed by atoms with E-state index in [-0.39, 0.29) is 5.95 Å². The summed E-state index contributed by atoms with van der Waals surface area (Å²) in [5.74, 6) is -0.0755. The SMILES string of the molecule is CCCCc1c(F)n(Cc2ccccc2)c2ccccc12. The van der Waals surface area contributed by atoms with Crippen LogP contribution in [0.3, 0.4) is 0 Å². The molecule has 0 spiro atoms. The summed E-state index contributed by atoms with van der Waals surface area (Å²) in [5.41, 5.74) is 2.98. The van der Waals surface area contributed by atoms with E-state index in [9.17, 15) is 4.39 Å². The number of nitrogens with zero attached hydrogens (tertiary/aromatic N) is 1. The Hall–Kier alpha value is -2.09. The highest BCUT2D eigenvalue weighted by molar-refractivity contribution is 5.84. The maximum absolute atomic E-state index is 14.9. The molecule has 3 rings (SSSR count). The average Bonchev–Trinajstić information content (AvgIpc) is 2.79. The first-order valence-corrected chi connectivity index (χ1v) is 7.60. The standard InChI is InChI=1S/C19H20FN/c1-2-3-11-17-16-12-7-8-13-18(16)21(19(17)20)14-15-9-5-4-6-10-15/h4-10,12-13H,2-3,11,14H2,1H3. The van der Waals surface area contributed by atoms with Gasteiger partial charge in [0, 0.05) is 10.9 Å². The predicted octanol–water partition coefficient (Wildman–Crippen LogP) is 5.17. The number of hydrogen-bond acceptors (Lipinski definition) is 0. The Bertz CT molecular complexity index is 728. The highest BCUT2D eigenvalue weighted by atomic mass is 19.1. The Labute approximate surface area is 125 Å². The second kappa shape index (κ2) is 6.13. The number of aryl methyl sites for hydroxylation is 1. The molecule has 0 aliphatic carbocycles. The number of para-hydroxylation sites is 1. The second-order valence-corrected chi connectivity index (χ2v) is 5.46. The molecule has 2 aromatic carbocycles. The van der Waals surface area contributed by atoms with E-state index in [0.29, 0.717) is 6.54 Å². The van der Waals surface area contributed by atoms with E-state index in [4.69, 9.17) is 0 Å². The van der Waals surface area contributed by atoms with Crippen LogP contribution in [0.2, 0.25) is 0 Å². The van der Waals surface area contributed by atoms with Crippen molar-refractivity contribution in [2.75, 3.05) is 0 Å². The normalized spacial score (nSPS) is 11.1. The molecule has 2 heteroatoms. The van der Waals surface area contributed by atoms with Crippen LogP contribution in [0.1, 0.15) is 30.9 Å². The van der Waals surface area contributed by atoms with Crippen molar-refractivity contribution in [2.45, 2.75) is 32.7 Å². The number of benzene rings is 2. The minimum Gasteiger partial charge on any atom is -0.313 e. The van der Waals surface area contributed by atoms with E-state index >= 15 is 0 Å². The molecule has 108 valence electrons. The molecule has 0 radical (unpaired) electrons. The molecule has 0 unspecified atom stereocenters. The summed E-state index contributed by atoms with van der Waals surface area (Å²) in [6.07, 6.45) is 2.92. The molecule has 0 saturated heterocycles. The van der Waals surface area contributed by atoms with Crippen molar-refractivity contribution in [1.29, 1.82) is 0 Å². The van der Waals surface area contributed by atoms with Crippen molar-refractivity contribution >= 4 is 10.9 Å². The molecule has 0 aliphatic rings. The van der Waals surface area contributed by atoms with Crippen molar-refractivity contribution in [3.05, 3.63) is 71.7 Å². The zero-order chi connectivity index (χ0) is 14.7. The second-order valence-electron chi connectivity index (χ2n) is 5.46. The lowest BCUT2D eigenvalue weighted by Gasteiger charge is -2.06. The minimum absolute atomic E-state index is 0.0755. The summed E-state index contributed by atoms with van der Waals surface area (Å²) in [5, 5.41) is 1.05. The quantitative estimate of drug-likeness (QED) is 0.608. The fourth-order valence-electron chi connectivity index (χ4n) is 2.86. The maximum atomic E-state index is 14.9. The van der Waals surface area contributed by atoms with Crippen molar-refractivity contribution in [3.63, 3.8) is 0 Å². The number of unbranched alkanes of at least 4 members (excludes halogenated alkanes) is 1. The lowest BCUT2D eigenvalue weighted by molar-refractivity contribution is 0.510. The van der Waals surface area contributed by atoms with Gasteiger partial charge in [-0.25, -0.2) is 0 Å². The number of fused-ring (bicyclic) bond motifs is 1. The molecular weight excluding hydrogens is 261 g/mol. The van der Waals surface area contributed by atoms with E-state index in [1.165, 1.54) is 0 Å². The van der Waals surface area contributed by atoms with Crippen molar-refractivity contribution < 1.29 is 4.39 Å². The zero-order valence-electron chi connectivity index (χ0n) is 12.3. The summed E-state index contributed by atoms with van der Waals surface area (Å²) in [4.78, 5) is 0. The monoisotopic (exact) mass is 281 g/mol. The van der Waals surface area contributed by atoms with Crippen LogP contribution in [-0.4, -0.2) is 4.57 Å². The summed E-state index contributed by atoms with van der Waals surface area (Å²) >= 11 is 0. The van der Waals surface area contributed by atoms with Gasteiger partial charge in [-0.3, -0.25) is 0 Å². The predicted molar refractivity (Wildman–Crippen MR) is 86.1 cm³/mol. The third-order valence-electron chi connectivity index (χ3n) is 3.97. The first-order chi connectivity index (χ1) is 10.3. The van der Waals surface area contributed by atoms with Gasteiger partial charge in [0.25, 0.3) is 0 Å². The van der Waals surface area contributed by atoms with Gasteiger partial charge in [-0.05, 0) is 24.5 Å². The van der Waals surface area contributed by atoms with Gasteiger partial charge in [-0.2, -0.15) is 4.39 Å². The number of aromatic nitrogens is 1. The van der Waals surface area contributed by atoms with Crippen LogP contribution in [0.4, 0.5) is 4.39 Å². The average molecular weight is 281 g/mol. The molecule has 0 aliphatic heterocycles. The van der Waals surface area contributed by atoms with Gasteiger partial charge in [-0.1, -0.05) is 61.9 Å². The fraction of sp³-hybridized carbons (Fsp3) is 0.263. The highest BCUT2D eigenvalue weighted by Crippen LogP contribution is 2.27. The largest absolute Gasteiger partial charge is 0.313 e. The number of hydrogen-bond donors (Lipinski definition) is 0. The molecule has 0 amide bonds. The summed E-state index contributed by atoms with van der Waals surface area (Å²) in [7, 11) is 0. The van der Waals surface area contributed by atoms with Crippen molar-refractivity contribution in [2.24, 2.45) is 0 Å². The summed E-state index contributed by atoms with van der Waals surface area (Å²) in [6, 6.07) is 18.1.